The van der Waals surface area contributed by atoms with Crippen LogP contribution in [0.4, 0.5) is 0 Å². The maximum absolute atomic E-state index is 8.99. The molecule has 1 heteroatoms. The summed E-state index contributed by atoms with van der Waals surface area (Å²) in [5.41, 5.74) is 1.26. The fraction of sp³-hybridized carbons (Fsp3) is 0.765. The second-order valence-electron chi connectivity index (χ2n) is 6.32. The van der Waals surface area contributed by atoms with Crippen molar-refractivity contribution in [2.45, 2.75) is 64.2 Å². The molecule has 0 unspecified atom stereocenters. The van der Waals surface area contributed by atoms with Crippen LogP contribution in [0.25, 0.3) is 0 Å². The summed E-state index contributed by atoms with van der Waals surface area (Å²) in [5, 5.41) is 8.99. The predicted octanol–water partition coefficient (Wildman–Crippen LogP) is 5.39. The van der Waals surface area contributed by atoms with E-state index in [4.69, 9.17) is 5.11 Å². The zero-order chi connectivity index (χ0) is 12.8. The lowest BCUT2D eigenvalue weighted by molar-refractivity contribution is 0.262. The van der Waals surface area contributed by atoms with Crippen LogP contribution in [0.5, 0.6) is 0 Å². The van der Waals surface area contributed by atoms with Gasteiger partial charge in [-0.1, -0.05) is 18.9 Å². The SMILES string of the molecule is C=CC1CCC(CCC2CCC(=CO)CC2)CC1. The van der Waals surface area contributed by atoms with Gasteiger partial charge in [-0.3, -0.25) is 0 Å². The van der Waals surface area contributed by atoms with E-state index in [9.17, 15) is 0 Å². The molecule has 0 amide bonds. The molecule has 102 valence electrons. The number of rotatable bonds is 4. The first kappa shape index (κ1) is 13.7. The van der Waals surface area contributed by atoms with Crippen LogP contribution >= 0.6 is 0 Å². The van der Waals surface area contributed by atoms with E-state index in [-0.39, 0.29) is 0 Å². The molecule has 1 N–H and O–H groups in total. The summed E-state index contributed by atoms with van der Waals surface area (Å²) < 4.78 is 0. The standard InChI is InChI=1S/C17H28O/c1-2-14-3-5-15(6-4-14)7-8-16-9-11-17(13-18)12-10-16/h2,13-16,18H,1,3-12H2. The molecule has 0 aromatic heterocycles. The lowest BCUT2D eigenvalue weighted by Gasteiger charge is -2.29. The van der Waals surface area contributed by atoms with Crippen molar-refractivity contribution in [3.63, 3.8) is 0 Å². The van der Waals surface area contributed by atoms with Crippen LogP contribution in [0.15, 0.2) is 24.5 Å². The molecule has 0 saturated heterocycles. The van der Waals surface area contributed by atoms with Crippen molar-refractivity contribution in [3.8, 4) is 0 Å². The molecule has 0 heterocycles. The first-order valence-corrected chi connectivity index (χ1v) is 7.76. The lowest BCUT2D eigenvalue weighted by atomic mass is 9.77. The van der Waals surface area contributed by atoms with Gasteiger partial charge in [0.05, 0.1) is 6.26 Å². The van der Waals surface area contributed by atoms with E-state index in [1.54, 1.807) is 0 Å². The molecular weight excluding hydrogens is 220 g/mol. The molecule has 0 aromatic rings. The van der Waals surface area contributed by atoms with E-state index in [0.29, 0.717) is 0 Å². The average molecular weight is 248 g/mol. The number of aliphatic hydroxyl groups excluding tert-OH is 1. The molecule has 2 rings (SSSR count). The first-order chi connectivity index (χ1) is 8.81. The Morgan fingerprint density at radius 3 is 2.00 bits per heavy atom. The van der Waals surface area contributed by atoms with Gasteiger partial charge in [-0.05, 0) is 74.7 Å². The topological polar surface area (TPSA) is 20.2 Å². The van der Waals surface area contributed by atoms with E-state index in [1.807, 2.05) is 0 Å². The molecule has 0 bridgehead atoms. The van der Waals surface area contributed by atoms with Crippen molar-refractivity contribution < 1.29 is 5.11 Å². The summed E-state index contributed by atoms with van der Waals surface area (Å²) in [6, 6.07) is 0. The van der Waals surface area contributed by atoms with Crippen LogP contribution in [-0.4, -0.2) is 5.11 Å². The Bertz CT molecular complexity index is 274. The summed E-state index contributed by atoms with van der Waals surface area (Å²) in [7, 11) is 0. The van der Waals surface area contributed by atoms with Gasteiger partial charge in [0, 0.05) is 0 Å². The summed E-state index contributed by atoms with van der Waals surface area (Å²) in [6.07, 6.45) is 16.8. The Morgan fingerprint density at radius 2 is 1.50 bits per heavy atom. The van der Waals surface area contributed by atoms with Crippen LogP contribution in [0.1, 0.15) is 64.2 Å². The second-order valence-corrected chi connectivity index (χ2v) is 6.32. The number of hydrogen-bond donors (Lipinski definition) is 1. The Balaban J connectivity index is 1.62. The van der Waals surface area contributed by atoms with Gasteiger partial charge in [-0.2, -0.15) is 0 Å². The van der Waals surface area contributed by atoms with Crippen molar-refractivity contribution in [1.82, 2.24) is 0 Å². The smallest absolute Gasteiger partial charge is 0.0783 e. The molecule has 2 saturated carbocycles. The Hall–Kier alpha value is -0.720. The zero-order valence-corrected chi connectivity index (χ0v) is 11.6. The fourth-order valence-electron chi connectivity index (χ4n) is 3.65. The highest BCUT2D eigenvalue weighted by atomic mass is 16.2. The number of allylic oxidation sites excluding steroid dienone is 2. The molecule has 0 spiro atoms. The molecular formula is C17H28O. The van der Waals surface area contributed by atoms with Crippen molar-refractivity contribution in [1.29, 1.82) is 0 Å². The Kier molecular flexibility index (Phi) is 5.34. The Morgan fingerprint density at radius 1 is 0.944 bits per heavy atom. The summed E-state index contributed by atoms with van der Waals surface area (Å²) in [5.74, 6) is 2.70. The van der Waals surface area contributed by atoms with Crippen LogP contribution in [0.3, 0.4) is 0 Å². The molecule has 0 radical (unpaired) electrons. The maximum Gasteiger partial charge on any atom is 0.0783 e. The molecule has 2 fully saturated rings. The van der Waals surface area contributed by atoms with Gasteiger partial charge in [-0.15, -0.1) is 6.58 Å². The second kappa shape index (κ2) is 7.01. The monoisotopic (exact) mass is 248 g/mol. The highest BCUT2D eigenvalue weighted by Gasteiger charge is 2.22. The minimum absolute atomic E-state index is 0.799. The fourth-order valence-corrected chi connectivity index (χ4v) is 3.65. The molecule has 0 aliphatic heterocycles. The normalized spacial score (nSPS) is 33.1. The van der Waals surface area contributed by atoms with Gasteiger partial charge in [0.2, 0.25) is 0 Å². The third kappa shape index (κ3) is 3.90. The van der Waals surface area contributed by atoms with Gasteiger partial charge in [0.25, 0.3) is 0 Å². The third-order valence-corrected chi connectivity index (χ3v) is 5.14. The molecule has 0 atom stereocenters. The van der Waals surface area contributed by atoms with Crippen LogP contribution in [-0.2, 0) is 0 Å². The van der Waals surface area contributed by atoms with Crippen LogP contribution < -0.4 is 0 Å². The van der Waals surface area contributed by atoms with Crippen molar-refractivity contribution in [3.05, 3.63) is 24.5 Å². The van der Waals surface area contributed by atoms with Gasteiger partial charge >= 0.3 is 0 Å². The van der Waals surface area contributed by atoms with Crippen molar-refractivity contribution in [2.75, 3.05) is 0 Å². The van der Waals surface area contributed by atoms with Gasteiger partial charge in [0.1, 0.15) is 0 Å². The number of hydrogen-bond acceptors (Lipinski definition) is 1. The third-order valence-electron chi connectivity index (χ3n) is 5.14. The van der Waals surface area contributed by atoms with Gasteiger partial charge in [-0.25, -0.2) is 0 Å². The molecule has 0 aromatic carbocycles. The molecule has 2 aliphatic rings. The average Bonchev–Trinajstić information content (AvgIpc) is 2.46. The van der Waals surface area contributed by atoms with Gasteiger partial charge < -0.3 is 5.11 Å². The lowest BCUT2D eigenvalue weighted by Crippen LogP contribution is -2.15. The minimum atomic E-state index is 0.799. The molecule has 18 heavy (non-hydrogen) atoms. The van der Waals surface area contributed by atoms with E-state index < -0.39 is 0 Å². The Labute approximate surface area is 112 Å². The van der Waals surface area contributed by atoms with Crippen molar-refractivity contribution >= 4 is 0 Å². The zero-order valence-electron chi connectivity index (χ0n) is 11.6. The van der Waals surface area contributed by atoms with E-state index >= 15 is 0 Å². The largest absolute Gasteiger partial charge is 0.516 e. The first-order valence-electron chi connectivity index (χ1n) is 7.76. The maximum atomic E-state index is 8.99. The minimum Gasteiger partial charge on any atom is -0.516 e. The highest BCUT2D eigenvalue weighted by Crippen LogP contribution is 2.36. The van der Waals surface area contributed by atoms with Crippen molar-refractivity contribution in [2.24, 2.45) is 17.8 Å². The summed E-state index contributed by atoms with van der Waals surface area (Å²) in [6.45, 7) is 3.92. The highest BCUT2D eigenvalue weighted by molar-refractivity contribution is 5.01. The molecule has 2 aliphatic carbocycles. The molecule has 1 nitrogen and oxygen atoms in total. The van der Waals surface area contributed by atoms with Gasteiger partial charge in [0.15, 0.2) is 0 Å². The summed E-state index contributed by atoms with van der Waals surface area (Å²) >= 11 is 0. The van der Waals surface area contributed by atoms with E-state index in [1.165, 1.54) is 63.2 Å². The quantitative estimate of drug-likeness (QED) is 0.522. The summed E-state index contributed by atoms with van der Waals surface area (Å²) in [4.78, 5) is 0. The van der Waals surface area contributed by atoms with E-state index in [2.05, 4.69) is 12.7 Å². The van der Waals surface area contributed by atoms with E-state index in [0.717, 1.165) is 30.6 Å². The number of aliphatic hydroxyl groups is 1. The van der Waals surface area contributed by atoms with Crippen LogP contribution in [0, 0.1) is 17.8 Å². The predicted molar refractivity (Wildman–Crippen MR) is 77.5 cm³/mol. The van der Waals surface area contributed by atoms with Crippen LogP contribution in [0.2, 0.25) is 0 Å².